The number of hydrogen-bond acceptors (Lipinski definition) is 7. The van der Waals surface area contributed by atoms with Crippen molar-refractivity contribution in [1.82, 2.24) is 29.6 Å². The van der Waals surface area contributed by atoms with Crippen LogP contribution in [0.25, 0.3) is 0 Å². The minimum Gasteiger partial charge on any atom is -0.455 e. The molecule has 0 amide bonds. The second-order valence-electron chi connectivity index (χ2n) is 5.73. The van der Waals surface area contributed by atoms with Crippen LogP contribution < -0.4 is 4.74 Å². The molecule has 1 aliphatic rings. The molecule has 0 spiro atoms. The summed E-state index contributed by atoms with van der Waals surface area (Å²) >= 11 is 1.86. The van der Waals surface area contributed by atoms with Gasteiger partial charge in [-0.1, -0.05) is 0 Å². The Kier molecular flexibility index (Phi) is 4.22. The molecule has 0 aliphatic carbocycles. The number of rotatable bonds is 5. The van der Waals surface area contributed by atoms with E-state index < -0.39 is 0 Å². The maximum atomic E-state index is 5.58. The molecule has 4 rings (SSSR count). The number of aromatic nitrogens is 5. The Hall–Kier alpha value is -2.32. The van der Waals surface area contributed by atoms with Crippen molar-refractivity contribution in [2.45, 2.75) is 33.2 Å². The highest BCUT2D eigenvalue weighted by molar-refractivity contribution is 7.11. The minimum atomic E-state index is 0.334. The summed E-state index contributed by atoms with van der Waals surface area (Å²) in [5, 5.41) is 8.59. The molecule has 0 N–H and O–H groups in total. The fraction of sp³-hybridized carbons (Fsp3) is 0.375. The molecule has 0 saturated carbocycles. The Bertz CT molecular complexity index is 815. The fourth-order valence-corrected chi connectivity index (χ4v) is 3.72. The van der Waals surface area contributed by atoms with E-state index in [0.29, 0.717) is 12.6 Å². The molecule has 8 heteroatoms. The van der Waals surface area contributed by atoms with Gasteiger partial charge in [-0.15, -0.1) is 21.5 Å². The summed E-state index contributed by atoms with van der Waals surface area (Å²) in [6.07, 6.45) is 3.32. The van der Waals surface area contributed by atoms with Gasteiger partial charge in [0.15, 0.2) is 12.4 Å². The molecule has 1 aliphatic heterocycles. The molecule has 7 nitrogen and oxygen atoms in total. The highest BCUT2D eigenvalue weighted by Crippen LogP contribution is 2.20. The molecule has 0 unspecified atom stereocenters. The van der Waals surface area contributed by atoms with Gasteiger partial charge in [0, 0.05) is 41.8 Å². The van der Waals surface area contributed by atoms with Crippen LogP contribution in [0.1, 0.15) is 21.4 Å². The zero-order valence-electron chi connectivity index (χ0n) is 13.4. The molecule has 3 aromatic rings. The van der Waals surface area contributed by atoms with E-state index in [2.05, 4.69) is 48.7 Å². The van der Waals surface area contributed by atoms with Crippen LogP contribution in [-0.2, 0) is 26.2 Å². The number of aryl methyl sites for hydroxylation is 1. The van der Waals surface area contributed by atoms with E-state index in [1.165, 1.54) is 9.75 Å². The molecule has 24 heavy (non-hydrogen) atoms. The van der Waals surface area contributed by atoms with E-state index in [1.54, 1.807) is 18.5 Å². The topological polar surface area (TPSA) is 69.0 Å². The molecule has 0 radical (unpaired) electrons. The van der Waals surface area contributed by atoms with Gasteiger partial charge in [-0.2, -0.15) is 0 Å². The number of nitrogens with zero attached hydrogens (tertiary/aromatic N) is 6. The number of fused-ring (bicyclic) bond motifs is 1. The van der Waals surface area contributed by atoms with Crippen molar-refractivity contribution in [3.05, 3.63) is 52.0 Å². The minimum absolute atomic E-state index is 0.334. The van der Waals surface area contributed by atoms with E-state index >= 15 is 0 Å². The maximum absolute atomic E-state index is 5.58. The van der Waals surface area contributed by atoms with E-state index in [4.69, 9.17) is 4.74 Å². The Morgan fingerprint density at radius 2 is 2.04 bits per heavy atom. The summed E-state index contributed by atoms with van der Waals surface area (Å²) in [5.41, 5.74) is 0. The van der Waals surface area contributed by atoms with Gasteiger partial charge in [-0.3, -0.25) is 4.90 Å². The molecule has 0 aromatic carbocycles. The quantitative estimate of drug-likeness (QED) is 0.707. The van der Waals surface area contributed by atoms with Gasteiger partial charge in [-0.25, -0.2) is 9.97 Å². The van der Waals surface area contributed by atoms with Crippen LogP contribution in [0.2, 0.25) is 0 Å². The second-order valence-corrected chi connectivity index (χ2v) is 7.10. The van der Waals surface area contributed by atoms with Gasteiger partial charge in [0.1, 0.15) is 5.82 Å². The van der Waals surface area contributed by atoms with Crippen molar-refractivity contribution >= 4 is 11.3 Å². The monoisotopic (exact) mass is 342 g/mol. The maximum Gasteiger partial charge on any atom is 0.316 e. The van der Waals surface area contributed by atoms with Gasteiger partial charge in [0.05, 0.1) is 6.54 Å². The highest BCUT2D eigenvalue weighted by atomic mass is 32.1. The predicted octanol–water partition coefficient (Wildman–Crippen LogP) is 2.03. The first-order chi connectivity index (χ1) is 11.8. The van der Waals surface area contributed by atoms with E-state index in [1.807, 2.05) is 11.3 Å². The van der Waals surface area contributed by atoms with Gasteiger partial charge >= 0.3 is 6.01 Å². The number of thiophene rings is 1. The van der Waals surface area contributed by atoms with Gasteiger partial charge < -0.3 is 9.30 Å². The lowest BCUT2D eigenvalue weighted by Gasteiger charge is -2.27. The fourth-order valence-electron chi connectivity index (χ4n) is 2.79. The van der Waals surface area contributed by atoms with Crippen molar-refractivity contribution < 1.29 is 4.74 Å². The summed E-state index contributed by atoms with van der Waals surface area (Å²) in [5.74, 6) is 1.81. The lowest BCUT2D eigenvalue weighted by Crippen LogP contribution is -2.33. The third-order valence-corrected chi connectivity index (χ3v) is 4.94. The molecule has 0 fully saturated rings. The van der Waals surface area contributed by atoms with Crippen LogP contribution in [0.3, 0.4) is 0 Å². The first-order valence-corrected chi connectivity index (χ1v) is 8.68. The average Bonchev–Trinajstić information content (AvgIpc) is 3.20. The molecule has 0 saturated heterocycles. The van der Waals surface area contributed by atoms with Crippen LogP contribution in [-0.4, -0.2) is 36.2 Å². The Labute approximate surface area is 144 Å². The SMILES string of the molecule is Cc1ccc(CN2CCn3c(COc4ncccn4)nnc3C2)s1. The van der Waals surface area contributed by atoms with Crippen molar-refractivity contribution in [2.24, 2.45) is 0 Å². The normalized spacial score (nSPS) is 14.5. The summed E-state index contributed by atoms with van der Waals surface area (Å²) < 4.78 is 7.72. The smallest absolute Gasteiger partial charge is 0.316 e. The summed E-state index contributed by atoms with van der Waals surface area (Å²) in [7, 11) is 0. The second kappa shape index (κ2) is 6.66. The summed E-state index contributed by atoms with van der Waals surface area (Å²) in [6, 6.07) is 6.50. The Balaban J connectivity index is 1.40. The van der Waals surface area contributed by atoms with E-state index in [0.717, 1.165) is 37.8 Å². The number of ether oxygens (including phenoxy) is 1. The van der Waals surface area contributed by atoms with Crippen LogP contribution in [0, 0.1) is 6.92 Å². The summed E-state index contributed by atoms with van der Waals surface area (Å²) in [6.45, 7) is 6.11. The van der Waals surface area contributed by atoms with Gasteiger partial charge in [0.2, 0.25) is 0 Å². The molecule has 124 valence electrons. The highest BCUT2D eigenvalue weighted by Gasteiger charge is 2.21. The first-order valence-electron chi connectivity index (χ1n) is 7.86. The van der Waals surface area contributed by atoms with Gasteiger partial charge in [0.25, 0.3) is 0 Å². The largest absolute Gasteiger partial charge is 0.455 e. The molecular weight excluding hydrogens is 324 g/mol. The van der Waals surface area contributed by atoms with Crippen LogP contribution in [0.5, 0.6) is 6.01 Å². The Morgan fingerprint density at radius 3 is 2.83 bits per heavy atom. The Morgan fingerprint density at radius 1 is 1.17 bits per heavy atom. The molecule has 4 heterocycles. The van der Waals surface area contributed by atoms with Crippen LogP contribution in [0.15, 0.2) is 30.6 Å². The lowest BCUT2D eigenvalue weighted by molar-refractivity contribution is 0.201. The zero-order valence-corrected chi connectivity index (χ0v) is 14.2. The molecule has 0 atom stereocenters. The van der Waals surface area contributed by atoms with Crippen molar-refractivity contribution in [3.8, 4) is 6.01 Å². The van der Waals surface area contributed by atoms with Crippen molar-refractivity contribution in [2.75, 3.05) is 6.54 Å². The first kappa shape index (κ1) is 15.2. The standard InChI is InChI=1S/C16H18N6OS/c1-12-3-4-13(24-12)9-21-7-8-22-14(10-21)19-20-15(22)11-23-16-17-5-2-6-18-16/h2-6H,7-11H2,1H3. The summed E-state index contributed by atoms with van der Waals surface area (Å²) in [4.78, 5) is 13.3. The zero-order chi connectivity index (χ0) is 16.4. The van der Waals surface area contributed by atoms with E-state index in [9.17, 15) is 0 Å². The van der Waals surface area contributed by atoms with E-state index in [-0.39, 0.29) is 0 Å². The lowest BCUT2D eigenvalue weighted by atomic mass is 10.3. The van der Waals surface area contributed by atoms with Crippen molar-refractivity contribution in [1.29, 1.82) is 0 Å². The number of hydrogen-bond donors (Lipinski definition) is 0. The third-order valence-electron chi connectivity index (χ3n) is 3.96. The van der Waals surface area contributed by atoms with Crippen molar-refractivity contribution in [3.63, 3.8) is 0 Å². The third kappa shape index (κ3) is 3.29. The van der Waals surface area contributed by atoms with Crippen LogP contribution in [0.4, 0.5) is 0 Å². The molecular formula is C16H18N6OS. The van der Waals surface area contributed by atoms with Gasteiger partial charge in [-0.05, 0) is 25.1 Å². The average molecular weight is 342 g/mol. The van der Waals surface area contributed by atoms with Crippen LogP contribution >= 0.6 is 11.3 Å². The molecule has 0 bridgehead atoms. The predicted molar refractivity (Wildman–Crippen MR) is 89.6 cm³/mol. The molecule has 3 aromatic heterocycles.